The van der Waals surface area contributed by atoms with Crippen LogP contribution in [0.25, 0.3) is 6.08 Å². The summed E-state index contributed by atoms with van der Waals surface area (Å²) in [6.07, 6.45) is 6.82. The number of benzene rings is 1. The van der Waals surface area contributed by atoms with Gasteiger partial charge in [-0.25, -0.2) is 4.79 Å². The van der Waals surface area contributed by atoms with Crippen LogP contribution in [-0.2, 0) is 9.53 Å². The highest BCUT2D eigenvalue weighted by Gasteiger charge is 2.09. The molecule has 102 valence electrons. The Morgan fingerprint density at radius 1 is 1.37 bits per heavy atom. The lowest BCUT2D eigenvalue weighted by atomic mass is 10.00. The smallest absolute Gasteiger partial charge is 0.330 e. The molecule has 0 bridgehead atoms. The molecular weight excluding hydrogens is 240 g/mol. The van der Waals surface area contributed by atoms with Crippen LogP contribution in [-0.4, -0.2) is 24.3 Å². The number of carbonyl (C=O) groups is 1. The first-order chi connectivity index (χ1) is 9.13. The number of rotatable bonds is 6. The van der Waals surface area contributed by atoms with E-state index >= 15 is 0 Å². The largest absolute Gasteiger partial charge is 0.466 e. The van der Waals surface area contributed by atoms with E-state index in [1.807, 2.05) is 49.4 Å². The lowest BCUT2D eigenvalue weighted by Gasteiger charge is -2.13. The molecule has 0 spiro atoms. The Bertz CT molecular complexity index is 435. The summed E-state index contributed by atoms with van der Waals surface area (Å²) < 4.78 is 4.48. The molecule has 2 atom stereocenters. The number of hydrogen-bond acceptors (Lipinski definition) is 3. The molecule has 0 saturated heterocycles. The molecule has 0 aromatic heterocycles. The van der Waals surface area contributed by atoms with E-state index in [2.05, 4.69) is 4.74 Å². The maximum atomic E-state index is 10.9. The molecule has 19 heavy (non-hydrogen) atoms. The molecule has 3 nitrogen and oxygen atoms in total. The number of aliphatic hydroxyl groups excluding tert-OH is 1. The van der Waals surface area contributed by atoms with E-state index in [-0.39, 0.29) is 5.92 Å². The summed E-state index contributed by atoms with van der Waals surface area (Å²) in [5.41, 5.74) is 1.10. The van der Waals surface area contributed by atoms with Crippen LogP contribution >= 0.6 is 0 Å². The van der Waals surface area contributed by atoms with Gasteiger partial charge in [-0.3, -0.25) is 0 Å². The van der Waals surface area contributed by atoms with Gasteiger partial charge in [-0.2, -0.15) is 0 Å². The van der Waals surface area contributed by atoms with Crippen LogP contribution < -0.4 is 0 Å². The predicted molar refractivity (Wildman–Crippen MR) is 76.4 cm³/mol. The minimum absolute atomic E-state index is 0.0162. The van der Waals surface area contributed by atoms with Crippen molar-refractivity contribution in [1.82, 2.24) is 0 Å². The average molecular weight is 260 g/mol. The second kappa shape index (κ2) is 8.27. The van der Waals surface area contributed by atoms with Crippen molar-refractivity contribution < 1.29 is 14.6 Å². The molecule has 0 radical (unpaired) electrons. The molecule has 0 saturated carbocycles. The second-order valence-corrected chi connectivity index (χ2v) is 4.36. The predicted octanol–water partition coefficient (Wildman–Crippen LogP) is 2.82. The molecule has 1 aromatic rings. The van der Waals surface area contributed by atoms with Crippen LogP contribution in [0.4, 0.5) is 0 Å². The summed E-state index contributed by atoms with van der Waals surface area (Å²) in [5, 5.41) is 9.93. The van der Waals surface area contributed by atoms with Crippen LogP contribution in [0.1, 0.15) is 18.9 Å². The van der Waals surface area contributed by atoms with E-state index in [0.29, 0.717) is 6.42 Å². The van der Waals surface area contributed by atoms with E-state index in [1.165, 1.54) is 13.2 Å². The van der Waals surface area contributed by atoms with Gasteiger partial charge in [0.1, 0.15) is 0 Å². The van der Waals surface area contributed by atoms with Crippen molar-refractivity contribution in [3.63, 3.8) is 0 Å². The normalized spacial score (nSPS) is 14.7. The van der Waals surface area contributed by atoms with Crippen LogP contribution in [0.2, 0.25) is 0 Å². The summed E-state index contributed by atoms with van der Waals surface area (Å²) in [6, 6.07) is 9.92. The lowest BCUT2D eigenvalue weighted by Crippen LogP contribution is -2.14. The SMILES string of the molecule is COC(=O)/C=C/C[C@@H](O)[C@H](C)/C=C/c1ccccc1. The molecule has 0 fully saturated rings. The van der Waals surface area contributed by atoms with E-state index in [1.54, 1.807) is 6.08 Å². The molecule has 0 aliphatic rings. The standard InChI is InChI=1S/C16H20O3/c1-13(11-12-14-7-4-3-5-8-14)15(17)9-6-10-16(18)19-2/h3-8,10-13,15,17H,9H2,1-2H3/b10-6+,12-11+/t13-,15-/m1/s1. The van der Waals surface area contributed by atoms with E-state index in [0.717, 1.165) is 5.56 Å². The van der Waals surface area contributed by atoms with Gasteiger partial charge in [0.2, 0.25) is 0 Å². The van der Waals surface area contributed by atoms with Crippen molar-refractivity contribution in [2.75, 3.05) is 7.11 Å². The summed E-state index contributed by atoms with van der Waals surface area (Å²) >= 11 is 0. The van der Waals surface area contributed by atoms with Gasteiger partial charge in [0.05, 0.1) is 13.2 Å². The molecule has 0 aliphatic carbocycles. The lowest BCUT2D eigenvalue weighted by molar-refractivity contribution is -0.134. The van der Waals surface area contributed by atoms with Gasteiger partial charge < -0.3 is 9.84 Å². The highest BCUT2D eigenvalue weighted by atomic mass is 16.5. The van der Waals surface area contributed by atoms with Gasteiger partial charge in [-0.05, 0) is 12.0 Å². The molecule has 0 amide bonds. The number of methoxy groups -OCH3 is 1. The first-order valence-electron chi connectivity index (χ1n) is 6.29. The van der Waals surface area contributed by atoms with E-state index < -0.39 is 12.1 Å². The molecule has 3 heteroatoms. The summed E-state index contributed by atoms with van der Waals surface area (Å²) in [5.74, 6) is -0.387. The number of hydrogen-bond donors (Lipinski definition) is 1. The third-order valence-electron chi connectivity index (χ3n) is 2.83. The van der Waals surface area contributed by atoms with E-state index in [4.69, 9.17) is 0 Å². The zero-order valence-corrected chi connectivity index (χ0v) is 11.3. The van der Waals surface area contributed by atoms with Gasteiger partial charge >= 0.3 is 5.97 Å². The minimum atomic E-state index is -0.513. The third-order valence-corrected chi connectivity index (χ3v) is 2.83. The van der Waals surface area contributed by atoms with Crippen molar-refractivity contribution in [1.29, 1.82) is 0 Å². The number of ether oxygens (including phenoxy) is 1. The van der Waals surface area contributed by atoms with Crippen molar-refractivity contribution in [3.8, 4) is 0 Å². The number of aliphatic hydroxyl groups is 1. The van der Waals surface area contributed by atoms with Gasteiger partial charge in [-0.15, -0.1) is 0 Å². The van der Waals surface area contributed by atoms with Crippen molar-refractivity contribution in [3.05, 3.63) is 54.1 Å². The van der Waals surface area contributed by atoms with Gasteiger partial charge in [0, 0.05) is 12.0 Å². The van der Waals surface area contributed by atoms with Crippen LogP contribution in [0, 0.1) is 5.92 Å². The van der Waals surface area contributed by atoms with Gasteiger partial charge in [-0.1, -0.05) is 55.5 Å². The fourth-order valence-electron chi connectivity index (χ4n) is 1.54. The minimum Gasteiger partial charge on any atom is -0.466 e. The Hall–Kier alpha value is -1.87. The number of carbonyl (C=O) groups excluding carboxylic acids is 1. The van der Waals surface area contributed by atoms with Gasteiger partial charge in [0.25, 0.3) is 0 Å². The Morgan fingerprint density at radius 2 is 2.05 bits per heavy atom. The monoisotopic (exact) mass is 260 g/mol. The average Bonchev–Trinajstić information content (AvgIpc) is 2.45. The van der Waals surface area contributed by atoms with Crippen molar-refractivity contribution in [2.45, 2.75) is 19.4 Å². The molecule has 1 rings (SSSR count). The Labute approximate surface area is 114 Å². The summed E-state index contributed by atoms with van der Waals surface area (Å²) in [4.78, 5) is 10.9. The van der Waals surface area contributed by atoms with Crippen LogP contribution in [0.3, 0.4) is 0 Å². The Morgan fingerprint density at radius 3 is 2.68 bits per heavy atom. The maximum Gasteiger partial charge on any atom is 0.330 e. The third kappa shape index (κ3) is 6.02. The Balaban J connectivity index is 2.44. The first-order valence-corrected chi connectivity index (χ1v) is 6.29. The second-order valence-electron chi connectivity index (χ2n) is 4.36. The molecular formula is C16H20O3. The molecule has 1 N–H and O–H groups in total. The molecule has 1 aromatic carbocycles. The van der Waals surface area contributed by atoms with Gasteiger partial charge in [0.15, 0.2) is 0 Å². The zero-order chi connectivity index (χ0) is 14.1. The maximum absolute atomic E-state index is 10.9. The first kappa shape index (κ1) is 15.2. The molecule has 0 aliphatic heterocycles. The Kier molecular flexibility index (Phi) is 6.61. The molecule has 0 unspecified atom stereocenters. The van der Waals surface area contributed by atoms with Crippen molar-refractivity contribution in [2.24, 2.45) is 5.92 Å². The highest BCUT2D eigenvalue weighted by molar-refractivity contribution is 5.81. The quantitative estimate of drug-likeness (QED) is 0.632. The topological polar surface area (TPSA) is 46.5 Å². The number of esters is 1. The zero-order valence-electron chi connectivity index (χ0n) is 11.3. The summed E-state index contributed by atoms with van der Waals surface area (Å²) in [6.45, 7) is 1.94. The van der Waals surface area contributed by atoms with E-state index in [9.17, 15) is 9.90 Å². The fourth-order valence-corrected chi connectivity index (χ4v) is 1.54. The molecule has 0 heterocycles. The highest BCUT2D eigenvalue weighted by Crippen LogP contribution is 2.12. The summed E-state index contributed by atoms with van der Waals surface area (Å²) in [7, 11) is 1.33. The van der Waals surface area contributed by atoms with Crippen molar-refractivity contribution >= 4 is 12.0 Å². The fraction of sp³-hybridized carbons (Fsp3) is 0.312. The van der Waals surface area contributed by atoms with Crippen LogP contribution in [0.5, 0.6) is 0 Å². The van der Waals surface area contributed by atoms with Crippen LogP contribution in [0.15, 0.2) is 48.6 Å².